The van der Waals surface area contributed by atoms with Crippen molar-refractivity contribution < 1.29 is 19.6 Å². The molecular weight excluding hydrogens is 340 g/mol. The molecule has 27 heavy (non-hydrogen) atoms. The Hall–Kier alpha value is -0.160. The van der Waals surface area contributed by atoms with E-state index in [2.05, 4.69) is 76.2 Å². The summed E-state index contributed by atoms with van der Waals surface area (Å²) in [6.45, 7) is 23.8. The first-order chi connectivity index (χ1) is 11.9. The Morgan fingerprint density at radius 1 is 0.741 bits per heavy atom. The van der Waals surface area contributed by atoms with Crippen LogP contribution in [-0.4, -0.2) is 17.0 Å². The Morgan fingerprint density at radius 3 is 1.48 bits per heavy atom. The molecule has 0 aliphatic heterocycles. The highest BCUT2D eigenvalue weighted by Gasteiger charge is 2.43. The van der Waals surface area contributed by atoms with Crippen molar-refractivity contribution in [2.45, 2.75) is 132 Å². The minimum atomic E-state index is -0.831. The van der Waals surface area contributed by atoms with Crippen LogP contribution in [-0.2, 0) is 19.6 Å². The number of rotatable bonds is 8. The first kappa shape index (κ1) is 24.9. The molecule has 1 rings (SSSR count). The highest BCUT2D eigenvalue weighted by molar-refractivity contribution is 4.80. The van der Waals surface area contributed by atoms with Gasteiger partial charge in [-0.2, -0.15) is 9.78 Å². The highest BCUT2D eigenvalue weighted by atomic mass is 17.3. The standard InChI is InChI=1S/C23H46O4/c1-18-13-12-14-23(15-18,26-24-21(8,9)16-19(2,3)4)27-25-22(10,11)17-20(5,6)7/h18H,12-17H2,1-11H3. The molecule has 162 valence electrons. The molecule has 0 radical (unpaired) electrons. The van der Waals surface area contributed by atoms with E-state index in [1.54, 1.807) is 0 Å². The molecule has 0 bridgehead atoms. The number of hydrogen-bond acceptors (Lipinski definition) is 4. The Morgan fingerprint density at radius 2 is 1.15 bits per heavy atom. The lowest BCUT2D eigenvalue weighted by Crippen LogP contribution is -2.46. The van der Waals surface area contributed by atoms with Crippen LogP contribution in [0.4, 0.5) is 0 Å². The molecule has 1 aliphatic carbocycles. The van der Waals surface area contributed by atoms with Gasteiger partial charge in [-0.3, -0.25) is 0 Å². The summed E-state index contributed by atoms with van der Waals surface area (Å²) >= 11 is 0. The minimum Gasteiger partial charge on any atom is -0.228 e. The monoisotopic (exact) mass is 386 g/mol. The molecule has 0 heterocycles. The molecule has 1 fully saturated rings. The first-order valence-electron chi connectivity index (χ1n) is 10.7. The van der Waals surface area contributed by atoms with Gasteiger partial charge >= 0.3 is 0 Å². The average Bonchev–Trinajstić information content (AvgIpc) is 2.39. The Kier molecular flexibility index (Phi) is 8.00. The Labute approximate surface area is 168 Å². The summed E-state index contributed by atoms with van der Waals surface area (Å²) in [5.74, 6) is -0.315. The predicted molar refractivity (Wildman–Crippen MR) is 111 cm³/mol. The lowest BCUT2D eigenvalue weighted by molar-refractivity contribution is -0.551. The van der Waals surface area contributed by atoms with E-state index in [0.29, 0.717) is 5.92 Å². The van der Waals surface area contributed by atoms with E-state index in [0.717, 1.165) is 32.1 Å². The van der Waals surface area contributed by atoms with Gasteiger partial charge in [0.1, 0.15) is 0 Å². The fraction of sp³-hybridized carbons (Fsp3) is 1.00. The molecule has 4 heteroatoms. The SMILES string of the molecule is CC1CCCC(OOC(C)(C)CC(C)(C)C)(OOC(C)(C)CC(C)(C)C)C1. The van der Waals surface area contributed by atoms with Gasteiger partial charge in [0.25, 0.3) is 0 Å². The zero-order valence-electron chi connectivity index (χ0n) is 20.0. The van der Waals surface area contributed by atoms with Gasteiger partial charge in [-0.25, -0.2) is 9.78 Å². The summed E-state index contributed by atoms with van der Waals surface area (Å²) in [6.07, 6.45) is 5.58. The molecule has 0 spiro atoms. The molecule has 4 nitrogen and oxygen atoms in total. The van der Waals surface area contributed by atoms with E-state index in [1.165, 1.54) is 6.42 Å². The average molecular weight is 387 g/mol. The van der Waals surface area contributed by atoms with Crippen LogP contribution in [0.2, 0.25) is 0 Å². The quantitative estimate of drug-likeness (QED) is 0.251. The Balaban J connectivity index is 2.81. The summed E-state index contributed by atoms with van der Waals surface area (Å²) in [5.41, 5.74) is -0.468. The zero-order chi connectivity index (χ0) is 21.1. The second-order valence-electron chi connectivity index (χ2n) is 12.4. The van der Waals surface area contributed by atoms with Crippen LogP contribution in [0.5, 0.6) is 0 Å². The van der Waals surface area contributed by atoms with Gasteiger partial charge in [0.05, 0.1) is 11.2 Å². The van der Waals surface area contributed by atoms with E-state index < -0.39 is 17.0 Å². The fourth-order valence-corrected chi connectivity index (χ4v) is 4.61. The van der Waals surface area contributed by atoms with Gasteiger partial charge in [0.2, 0.25) is 5.79 Å². The maximum absolute atomic E-state index is 6.03. The summed E-state index contributed by atoms with van der Waals surface area (Å²) in [4.78, 5) is 24.0. The lowest BCUT2D eigenvalue weighted by Gasteiger charge is -2.42. The van der Waals surface area contributed by atoms with Crippen LogP contribution in [0.3, 0.4) is 0 Å². The van der Waals surface area contributed by atoms with Crippen LogP contribution in [0.15, 0.2) is 0 Å². The molecule has 0 aromatic rings. The molecular formula is C23H46O4. The van der Waals surface area contributed by atoms with Crippen LogP contribution in [0, 0.1) is 16.7 Å². The fourth-order valence-electron chi connectivity index (χ4n) is 4.61. The summed E-state index contributed by atoms with van der Waals surface area (Å²) in [5, 5.41) is 0. The maximum Gasteiger partial charge on any atom is 0.234 e. The zero-order valence-corrected chi connectivity index (χ0v) is 20.0. The highest BCUT2D eigenvalue weighted by Crippen LogP contribution is 2.40. The molecule has 1 unspecified atom stereocenters. The number of hydrogen-bond donors (Lipinski definition) is 0. The molecule has 1 aliphatic rings. The van der Waals surface area contributed by atoms with Gasteiger partial charge < -0.3 is 0 Å². The second-order valence-corrected chi connectivity index (χ2v) is 12.4. The predicted octanol–water partition coefficient (Wildman–Crippen LogP) is 7.22. The lowest BCUT2D eigenvalue weighted by atomic mass is 9.84. The van der Waals surface area contributed by atoms with Gasteiger partial charge in [-0.05, 0) is 63.7 Å². The molecule has 0 saturated heterocycles. The van der Waals surface area contributed by atoms with Gasteiger partial charge in [0, 0.05) is 12.8 Å². The first-order valence-corrected chi connectivity index (χ1v) is 10.7. The van der Waals surface area contributed by atoms with Crippen molar-refractivity contribution in [2.75, 3.05) is 0 Å². The van der Waals surface area contributed by atoms with Crippen molar-refractivity contribution in [3.05, 3.63) is 0 Å². The van der Waals surface area contributed by atoms with Crippen molar-refractivity contribution in [3.8, 4) is 0 Å². The molecule has 0 N–H and O–H groups in total. The van der Waals surface area contributed by atoms with E-state index in [1.807, 2.05) is 0 Å². The van der Waals surface area contributed by atoms with Crippen LogP contribution in [0.1, 0.15) is 115 Å². The third-order valence-electron chi connectivity index (χ3n) is 4.66. The third-order valence-corrected chi connectivity index (χ3v) is 4.66. The smallest absolute Gasteiger partial charge is 0.228 e. The van der Waals surface area contributed by atoms with Crippen LogP contribution < -0.4 is 0 Å². The van der Waals surface area contributed by atoms with Crippen molar-refractivity contribution >= 4 is 0 Å². The van der Waals surface area contributed by atoms with E-state index in [4.69, 9.17) is 19.6 Å². The maximum atomic E-state index is 6.03. The molecule has 0 amide bonds. The van der Waals surface area contributed by atoms with Gasteiger partial charge in [-0.1, -0.05) is 54.9 Å². The van der Waals surface area contributed by atoms with Crippen molar-refractivity contribution in [3.63, 3.8) is 0 Å². The topological polar surface area (TPSA) is 36.9 Å². The van der Waals surface area contributed by atoms with Gasteiger partial charge in [0.15, 0.2) is 0 Å². The van der Waals surface area contributed by atoms with Crippen LogP contribution in [0.25, 0.3) is 0 Å². The van der Waals surface area contributed by atoms with Crippen molar-refractivity contribution in [1.82, 2.24) is 0 Å². The minimum absolute atomic E-state index is 0.159. The second kappa shape index (κ2) is 8.69. The summed E-state index contributed by atoms with van der Waals surface area (Å²) < 4.78 is 0. The molecule has 1 atom stereocenters. The Bertz CT molecular complexity index is 422. The van der Waals surface area contributed by atoms with E-state index >= 15 is 0 Å². The van der Waals surface area contributed by atoms with E-state index in [-0.39, 0.29) is 10.8 Å². The largest absolute Gasteiger partial charge is 0.234 e. The molecule has 0 aromatic carbocycles. The molecule has 1 saturated carbocycles. The van der Waals surface area contributed by atoms with E-state index in [9.17, 15) is 0 Å². The molecule has 0 aromatic heterocycles. The summed E-state index contributed by atoms with van der Waals surface area (Å²) in [7, 11) is 0. The van der Waals surface area contributed by atoms with Crippen molar-refractivity contribution in [2.24, 2.45) is 16.7 Å². The van der Waals surface area contributed by atoms with Crippen LogP contribution >= 0.6 is 0 Å². The third kappa shape index (κ3) is 10.3. The van der Waals surface area contributed by atoms with Gasteiger partial charge in [-0.15, -0.1) is 0 Å². The normalized spacial score (nSPS) is 22.1. The summed E-state index contributed by atoms with van der Waals surface area (Å²) in [6, 6.07) is 0. The van der Waals surface area contributed by atoms with Crippen molar-refractivity contribution in [1.29, 1.82) is 0 Å².